The van der Waals surface area contributed by atoms with Crippen molar-refractivity contribution in [3.63, 3.8) is 0 Å². The number of rotatable bonds is 11. The van der Waals surface area contributed by atoms with E-state index in [1.54, 1.807) is 24.3 Å². The van der Waals surface area contributed by atoms with Crippen molar-refractivity contribution in [3.05, 3.63) is 64.6 Å². The Balaban J connectivity index is 1.28. The predicted molar refractivity (Wildman–Crippen MR) is 161 cm³/mol. The average Bonchev–Trinajstić information content (AvgIpc) is 3.73. The first-order chi connectivity index (χ1) is 21.1. The Morgan fingerprint density at radius 2 is 2.00 bits per heavy atom. The summed E-state index contributed by atoms with van der Waals surface area (Å²) in [4.78, 5) is 56.9. The van der Waals surface area contributed by atoms with Crippen molar-refractivity contribution in [2.45, 2.75) is 70.8 Å². The van der Waals surface area contributed by atoms with Crippen LogP contribution in [0.3, 0.4) is 0 Å². The van der Waals surface area contributed by atoms with E-state index in [4.69, 9.17) is 16.3 Å². The summed E-state index contributed by atoms with van der Waals surface area (Å²) in [5, 5.41) is 3.05. The summed E-state index contributed by atoms with van der Waals surface area (Å²) in [6.45, 7) is 1.50. The molecule has 2 atom stereocenters. The number of alkyl halides is 1. The number of halogens is 3. The van der Waals surface area contributed by atoms with Crippen LogP contribution in [0.4, 0.5) is 8.78 Å². The molecule has 1 aromatic heterocycles. The molecule has 44 heavy (non-hydrogen) atoms. The molecule has 0 radical (unpaired) electrons. The van der Waals surface area contributed by atoms with Crippen molar-refractivity contribution >= 4 is 51.8 Å². The van der Waals surface area contributed by atoms with Gasteiger partial charge in [0.1, 0.15) is 30.3 Å². The van der Waals surface area contributed by atoms with Gasteiger partial charge in [0.05, 0.1) is 17.1 Å². The van der Waals surface area contributed by atoms with Crippen molar-refractivity contribution in [2.24, 2.45) is 4.99 Å². The Labute approximate surface area is 258 Å². The number of likely N-dealkylation sites (tertiary alicyclic amines) is 1. The third-order valence-electron chi connectivity index (χ3n) is 7.93. The topological polar surface area (TPSA) is 110 Å². The summed E-state index contributed by atoms with van der Waals surface area (Å²) in [6.07, 6.45) is 3.54. The molecular formula is C32H33ClF2N4O5. The van der Waals surface area contributed by atoms with Gasteiger partial charge >= 0.3 is 5.97 Å². The molecule has 3 heterocycles. The molecule has 0 spiro atoms. The molecule has 2 aromatic carbocycles. The predicted octanol–water partition coefficient (Wildman–Crippen LogP) is 5.20. The van der Waals surface area contributed by atoms with Gasteiger partial charge in [-0.05, 0) is 50.8 Å². The number of benzene rings is 2. The van der Waals surface area contributed by atoms with Crippen LogP contribution in [0.15, 0.2) is 47.6 Å². The minimum atomic E-state index is -1.42. The molecule has 9 nitrogen and oxygen atoms in total. The third-order valence-corrected chi connectivity index (χ3v) is 8.23. The van der Waals surface area contributed by atoms with Gasteiger partial charge in [-0.3, -0.25) is 24.2 Å². The molecule has 3 aromatic rings. The number of ether oxygens (including phenoxy) is 1. The monoisotopic (exact) mass is 626 g/mol. The third kappa shape index (κ3) is 7.15. The van der Waals surface area contributed by atoms with E-state index in [0.29, 0.717) is 22.9 Å². The Morgan fingerprint density at radius 1 is 1.18 bits per heavy atom. The van der Waals surface area contributed by atoms with Crippen LogP contribution in [0.5, 0.6) is 5.75 Å². The summed E-state index contributed by atoms with van der Waals surface area (Å²) >= 11 is 5.81. The lowest BCUT2D eigenvalue weighted by Crippen LogP contribution is -2.46. The van der Waals surface area contributed by atoms with Crippen LogP contribution in [0, 0.1) is 5.82 Å². The fraction of sp³-hybridized carbons (Fsp3) is 0.406. The number of nitrogens with one attached hydrogen (secondary N) is 1. The smallest absolute Gasteiger partial charge is 0.311 e. The molecule has 1 N–H and O–H groups in total. The molecule has 2 amide bonds. The molecule has 1 fully saturated rings. The zero-order chi connectivity index (χ0) is 31.4. The number of amides is 2. The van der Waals surface area contributed by atoms with Gasteiger partial charge < -0.3 is 19.5 Å². The molecule has 5 rings (SSSR count). The lowest BCUT2D eigenvalue weighted by atomic mass is 10.1. The Kier molecular flexibility index (Phi) is 9.73. The van der Waals surface area contributed by atoms with Crippen molar-refractivity contribution in [1.82, 2.24) is 14.8 Å². The fourth-order valence-electron chi connectivity index (χ4n) is 5.70. The van der Waals surface area contributed by atoms with E-state index >= 15 is 0 Å². The van der Waals surface area contributed by atoms with Crippen molar-refractivity contribution < 1.29 is 32.7 Å². The molecule has 2 aliphatic heterocycles. The molecule has 232 valence electrons. The average molecular weight is 627 g/mol. The van der Waals surface area contributed by atoms with E-state index in [1.165, 1.54) is 29.8 Å². The number of Topliss-reactive ketones (excluding diaryl/α,β-unsaturated/α-hetero) is 1. The lowest BCUT2D eigenvalue weighted by Gasteiger charge is -2.24. The molecule has 12 heteroatoms. The largest absolute Gasteiger partial charge is 0.426 e. The number of fused-ring (bicyclic) bond motifs is 1. The van der Waals surface area contributed by atoms with Gasteiger partial charge in [0.15, 0.2) is 5.78 Å². The van der Waals surface area contributed by atoms with Crippen molar-refractivity contribution in [1.29, 1.82) is 0 Å². The number of nitrogens with zero attached hydrogens (tertiary/aromatic N) is 3. The van der Waals surface area contributed by atoms with Crippen molar-refractivity contribution in [2.75, 3.05) is 13.1 Å². The van der Waals surface area contributed by atoms with Crippen LogP contribution in [0.1, 0.15) is 61.4 Å². The number of aliphatic imine (C=N–C) groups is 1. The molecule has 0 saturated carbocycles. The molecule has 1 saturated heterocycles. The zero-order valence-corrected chi connectivity index (χ0v) is 25.0. The van der Waals surface area contributed by atoms with E-state index in [1.807, 2.05) is 0 Å². The van der Waals surface area contributed by atoms with Crippen LogP contribution in [0.2, 0.25) is 5.02 Å². The van der Waals surface area contributed by atoms with Gasteiger partial charge in [-0.1, -0.05) is 23.7 Å². The van der Waals surface area contributed by atoms with E-state index in [2.05, 4.69) is 10.3 Å². The van der Waals surface area contributed by atoms with E-state index < -0.39 is 35.8 Å². The maximum Gasteiger partial charge on any atom is 0.311 e. The first-order valence-electron chi connectivity index (χ1n) is 14.6. The Hall–Kier alpha value is -4.12. The first kappa shape index (κ1) is 31.3. The normalized spacial score (nSPS) is 18.0. The van der Waals surface area contributed by atoms with Gasteiger partial charge in [-0.2, -0.15) is 0 Å². The summed E-state index contributed by atoms with van der Waals surface area (Å²) in [6, 6.07) is 8.14. The molecular weight excluding hydrogens is 594 g/mol. The summed E-state index contributed by atoms with van der Waals surface area (Å²) in [7, 11) is 0. The molecule has 0 bridgehead atoms. The maximum absolute atomic E-state index is 14.5. The highest BCUT2D eigenvalue weighted by Crippen LogP contribution is 2.28. The Bertz CT molecular complexity index is 1640. The number of hydrogen-bond donors (Lipinski definition) is 1. The molecule has 2 aliphatic rings. The highest BCUT2D eigenvalue weighted by molar-refractivity contribution is 6.30. The quantitative estimate of drug-likeness (QED) is 0.179. The minimum Gasteiger partial charge on any atom is -0.426 e. The SMILES string of the molecule is CC(=O)c1cn(CC(=O)N2C[C@H](F)C[C@H]2C(=O)NCc2cccc(Cl)c2F)c2cc(OC(=O)CCCC3=NCCC3)ccc12. The summed E-state index contributed by atoms with van der Waals surface area (Å²) in [5.74, 6) is -2.18. The van der Waals surface area contributed by atoms with Crippen LogP contribution >= 0.6 is 11.6 Å². The van der Waals surface area contributed by atoms with E-state index in [9.17, 15) is 28.0 Å². The fourth-order valence-corrected chi connectivity index (χ4v) is 5.89. The lowest BCUT2D eigenvalue weighted by molar-refractivity contribution is -0.139. The van der Waals surface area contributed by atoms with Crippen LogP contribution in [-0.2, 0) is 27.5 Å². The van der Waals surface area contributed by atoms with E-state index in [-0.39, 0.29) is 54.6 Å². The second-order valence-electron chi connectivity index (χ2n) is 11.1. The number of ketones is 1. The zero-order valence-electron chi connectivity index (χ0n) is 24.3. The molecule has 0 unspecified atom stereocenters. The van der Waals surface area contributed by atoms with Crippen molar-refractivity contribution in [3.8, 4) is 5.75 Å². The number of aromatic nitrogens is 1. The van der Waals surface area contributed by atoms with Crippen LogP contribution < -0.4 is 10.1 Å². The summed E-state index contributed by atoms with van der Waals surface area (Å²) < 4.78 is 35.9. The van der Waals surface area contributed by atoms with Gasteiger partial charge in [0, 0.05) is 60.4 Å². The number of carbonyl (C=O) groups excluding carboxylic acids is 4. The first-order valence-corrected chi connectivity index (χ1v) is 15.0. The van der Waals surface area contributed by atoms with Gasteiger partial charge in [-0.25, -0.2) is 8.78 Å². The number of hydrogen-bond acceptors (Lipinski definition) is 6. The van der Waals surface area contributed by atoms with Gasteiger partial charge in [0.25, 0.3) is 0 Å². The van der Waals surface area contributed by atoms with Crippen LogP contribution in [-0.4, -0.2) is 64.0 Å². The maximum atomic E-state index is 14.5. The highest BCUT2D eigenvalue weighted by Gasteiger charge is 2.39. The summed E-state index contributed by atoms with van der Waals surface area (Å²) in [5.41, 5.74) is 2.13. The van der Waals surface area contributed by atoms with E-state index in [0.717, 1.165) is 36.4 Å². The van der Waals surface area contributed by atoms with Crippen LogP contribution in [0.25, 0.3) is 10.9 Å². The molecule has 0 aliphatic carbocycles. The minimum absolute atomic E-state index is 0.0882. The van der Waals surface area contributed by atoms with Gasteiger partial charge in [-0.15, -0.1) is 0 Å². The van der Waals surface area contributed by atoms with Gasteiger partial charge in [0.2, 0.25) is 11.8 Å². The number of esters is 1. The Morgan fingerprint density at radius 3 is 2.75 bits per heavy atom. The second-order valence-corrected chi connectivity index (χ2v) is 11.5. The second kappa shape index (κ2) is 13.7. The highest BCUT2D eigenvalue weighted by atomic mass is 35.5. The number of carbonyl (C=O) groups is 4. The standard InChI is InChI=1S/C32H33ClF2N4O5/c1-19(40)25-17-38(27-14-23(10-11-24(25)27)44-30(42)9-3-6-22-7-4-12-36-22)18-29(41)39-16-21(34)13-28(39)32(43)37-15-20-5-2-8-26(33)31(20)35/h2,5,8,10-11,14,17,21,28H,3-4,6-7,9,12-13,15-16,18H2,1H3,(H,37,43)/t21-,28+/m1/s1.